The predicted molar refractivity (Wildman–Crippen MR) is 87.6 cm³/mol. The molecule has 1 atom stereocenters. The quantitative estimate of drug-likeness (QED) is 0.454. The molecular formula is C15H17BrN2O5. The van der Waals surface area contributed by atoms with Gasteiger partial charge in [0.15, 0.2) is 0 Å². The third kappa shape index (κ3) is 2.95. The number of carbonyl (C=O) groups is 2. The lowest BCUT2D eigenvalue weighted by Crippen LogP contribution is -2.39. The van der Waals surface area contributed by atoms with Crippen LogP contribution in [-0.2, 0) is 20.7 Å². The van der Waals surface area contributed by atoms with Gasteiger partial charge in [0.25, 0.3) is 5.69 Å². The van der Waals surface area contributed by atoms with Crippen LogP contribution in [0.4, 0.5) is 11.4 Å². The molecule has 0 N–H and O–H groups in total. The molecule has 8 heteroatoms. The van der Waals surface area contributed by atoms with Crippen molar-refractivity contribution in [2.24, 2.45) is 0 Å². The second-order valence-electron chi connectivity index (χ2n) is 5.55. The van der Waals surface area contributed by atoms with Gasteiger partial charge in [-0.2, -0.15) is 0 Å². The summed E-state index contributed by atoms with van der Waals surface area (Å²) >= 11 is 3.40. The van der Waals surface area contributed by atoms with Gasteiger partial charge in [0.2, 0.25) is 5.91 Å². The second-order valence-corrected chi connectivity index (χ2v) is 6.34. The molecule has 0 aromatic heterocycles. The maximum atomic E-state index is 12.1. The van der Waals surface area contributed by atoms with Gasteiger partial charge in [-0.1, -0.05) is 0 Å². The van der Waals surface area contributed by atoms with Crippen molar-refractivity contribution in [3.8, 4) is 0 Å². The molecule has 0 aliphatic carbocycles. The van der Waals surface area contributed by atoms with E-state index in [9.17, 15) is 19.7 Å². The Balaban J connectivity index is 2.64. The molecule has 1 amide bonds. The molecule has 1 aromatic carbocycles. The molecule has 124 valence electrons. The van der Waals surface area contributed by atoms with Crippen LogP contribution in [0.2, 0.25) is 0 Å². The first-order chi connectivity index (χ1) is 10.7. The van der Waals surface area contributed by atoms with E-state index in [1.807, 2.05) is 6.92 Å². The van der Waals surface area contributed by atoms with Gasteiger partial charge in [0, 0.05) is 23.9 Å². The van der Waals surface area contributed by atoms with Crippen molar-refractivity contribution < 1.29 is 19.2 Å². The molecule has 0 radical (unpaired) electrons. The van der Waals surface area contributed by atoms with Crippen LogP contribution in [0.3, 0.4) is 0 Å². The van der Waals surface area contributed by atoms with Crippen LogP contribution in [0.15, 0.2) is 4.47 Å². The van der Waals surface area contributed by atoms with Crippen molar-refractivity contribution in [3.63, 3.8) is 0 Å². The SMILES string of the molecule is CC(=O)OCC1Cc2c(C)c(Br)c(C)c([N+](=O)[O-])c2N1C(C)=O. The fourth-order valence-corrected chi connectivity index (χ4v) is 3.45. The van der Waals surface area contributed by atoms with Gasteiger partial charge in [-0.15, -0.1) is 0 Å². The van der Waals surface area contributed by atoms with Crippen molar-refractivity contribution in [2.45, 2.75) is 40.2 Å². The minimum Gasteiger partial charge on any atom is -0.464 e. The number of nitrogens with zero attached hydrogens (tertiary/aromatic N) is 2. The Morgan fingerprint density at radius 3 is 2.43 bits per heavy atom. The van der Waals surface area contributed by atoms with Crippen LogP contribution in [0.25, 0.3) is 0 Å². The van der Waals surface area contributed by atoms with Crippen molar-refractivity contribution in [1.82, 2.24) is 0 Å². The lowest BCUT2D eigenvalue weighted by Gasteiger charge is -2.24. The van der Waals surface area contributed by atoms with Crippen LogP contribution in [0.1, 0.15) is 30.5 Å². The van der Waals surface area contributed by atoms with Gasteiger partial charge in [-0.05, 0) is 47.3 Å². The molecule has 0 saturated heterocycles. The van der Waals surface area contributed by atoms with Crippen molar-refractivity contribution in [1.29, 1.82) is 0 Å². The van der Waals surface area contributed by atoms with E-state index in [2.05, 4.69) is 15.9 Å². The zero-order valence-electron chi connectivity index (χ0n) is 13.3. The van der Waals surface area contributed by atoms with Gasteiger partial charge in [0.05, 0.1) is 11.0 Å². The van der Waals surface area contributed by atoms with Gasteiger partial charge >= 0.3 is 5.97 Å². The van der Waals surface area contributed by atoms with E-state index < -0.39 is 16.9 Å². The average molecular weight is 385 g/mol. The second kappa shape index (κ2) is 6.27. The summed E-state index contributed by atoms with van der Waals surface area (Å²) in [7, 11) is 0. The minimum absolute atomic E-state index is 0.0108. The van der Waals surface area contributed by atoms with Crippen LogP contribution in [-0.4, -0.2) is 29.4 Å². The number of esters is 1. The Hall–Kier alpha value is -1.96. The Kier molecular flexibility index (Phi) is 4.74. The van der Waals surface area contributed by atoms with Gasteiger partial charge in [-0.3, -0.25) is 24.6 Å². The first-order valence-electron chi connectivity index (χ1n) is 7.05. The Morgan fingerprint density at radius 1 is 1.35 bits per heavy atom. The summed E-state index contributed by atoms with van der Waals surface area (Å²) in [6.07, 6.45) is 0.410. The molecule has 1 aromatic rings. The molecule has 1 aliphatic heterocycles. The normalized spacial score (nSPS) is 16.2. The largest absolute Gasteiger partial charge is 0.464 e. The number of anilines is 1. The summed E-state index contributed by atoms with van der Waals surface area (Å²) < 4.78 is 5.69. The van der Waals surface area contributed by atoms with E-state index in [1.54, 1.807) is 6.92 Å². The van der Waals surface area contributed by atoms with Crippen molar-refractivity contribution >= 4 is 39.2 Å². The third-order valence-electron chi connectivity index (χ3n) is 4.02. The number of nitro benzene ring substituents is 1. The Labute approximate surface area is 141 Å². The number of amides is 1. The highest BCUT2D eigenvalue weighted by Gasteiger charge is 2.41. The molecule has 0 fully saturated rings. The molecule has 1 aliphatic rings. The summed E-state index contributed by atoms with van der Waals surface area (Å²) in [6, 6.07) is -0.433. The van der Waals surface area contributed by atoms with Crippen molar-refractivity contribution in [2.75, 3.05) is 11.5 Å². The number of nitro groups is 1. The van der Waals surface area contributed by atoms with E-state index in [-0.39, 0.29) is 18.2 Å². The standard InChI is InChI=1S/C15H17BrN2O5/c1-7-12-5-11(6-23-10(4)20)17(9(3)19)15(12)14(18(21)22)8(2)13(7)16/h11H,5-6H2,1-4H3. The topological polar surface area (TPSA) is 89.8 Å². The summed E-state index contributed by atoms with van der Waals surface area (Å²) in [4.78, 5) is 35.6. The number of benzene rings is 1. The zero-order chi connectivity index (χ0) is 17.5. The van der Waals surface area contributed by atoms with E-state index in [1.165, 1.54) is 18.7 Å². The van der Waals surface area contributed by atoms with Crippen LogP contribution in [0, 0.1) is 24.0 Å². The number of fused-ring (bicyclic) bond motifs is 1. The molecule has 7 nitrogen and oxygen atoms in total. The summed E-state index contributed by atoms with van der Waals surface area (Å²) in [6.45, 7) is 6.15. The smallest absolute Gasteiger partial charge is 0.302 e. The highest BCUT2D eigenvalue weighted by Crippen LogP contribution is 2.47. The molecule has 0 saturated carbocycles. The minimum atomic E-state index is -0.470. The molecule has 0 bridgehead atoms. The van der Waals surface area contributed by atoms with Crippen LogP contribution in [0.5, 0.6) is 0 Å². The Morgan fingerprint density at radius 2 is 1.96 bits per heavy atom. The monoisotopic (exact) mass is 384 g/mol. The first kappa shape index (κ1) is 17.4. The number of hydrogen-bond donors (Lipinski definition) is 0. The van der Waals surface area contributed by atoms with E-state index in [0.717, 1.165) is 11.1 Å². The van der Waals surface area contributed by atoms with E-state index >= 15 is 0 Å². The highest BCUT2D eigenvalue weighted by atomic mass is 79.9. The third-order valence-corrected chi connectivity index (χ3v) is 5.21. The van der Waals surface area contributed by atoms with Crippen LogP contribution < -0.4 is 4.90 Å². The molecule has 2 rings (SSSR count). The molecule has 1 heterocycles. The first-order valence-corrected chi connectivity index (χ1v) is 7.85. The van der Waals surface area contributed by atoms with Gasteiger partial charge in [0.1, 0.15) is 12.3 Å². The molecule has 1 unspecified atom stereocenters. The molecule has 0 spiro atoms. The zero-order valence-corrected chi connectivity index (χ0v) is 14.9. The fraction of sp³-hybridized carbons (Fsp3) is 0.467. The fourth-order valence-electron chi connectivity index (χ4n) is 3.02. The van der Waals surface area contributed by atoms with Crippen LogP contribution >= 0.6 is 15.9 Å². The number of rotatable bonds is 3. The van der Waals surface area contributed by atoms with E-state index in [0.29, 0.717) is 22.1 Å². The predicted octanol–water partition coefficient (Wildman–Crippen LogP) is 2.81. The number of carbonyl (C=O) groups excluding carboxylic acids is 2. The Bertz CT molecular complexity index is 717. The summed E-state index contributed by atoms with van der Waals surface area (Å²) in [5.74, 6) is -0.766. The molecule has 23 heavy (non-hydrogen) atoms. The number of halogens is 1. The highest BCUT2D eigenvalue weighted by molar-refractivity contribution is 9.10. The average Bonchev–Trinajstić information content (AvgIpc) is 2.82. The number of hydrogen-bond acceptors (Lipinski definition) is 5. The summed E-state index contributed by atoms with van der Waals surface area (Å²) in [5.41, 5.74) is 2.31. The molecular weight excluding hydrogens is 368 g/mol. The van der Waals surface area contributed by atoms with E-state index in [4.69, 9.17) is 4.74 Å². The summed E-state index contributed by atoms with van der Waals surface area (Å²) in [5, 5.41) is 11.5. The maximum absolute atomic E-state index is 12.1. The van der Waals surface area contributed by atoms with Gasteiger partial charge in [-0.25, -0.2) is 0 Å². The maximum Gasteiger partial charge on any atom is 0.302 e. The van der Waals surface area contributed by atoms with Crippen molar-refractivity contribution in [3.05, 3.63) is 31.3 Å². The van der Waals surface area contributed by atoms with Gasteiger partial charge < -0.3 is 4.74 Å². The lowest BCUT2D eigenvalue weighted by molar-refractivity contribution is -0.384. The lowest BCUT2D eigenvalue weighted by atomic mass is 10.00. The number of ether oxygens (including phenoxy) is 1.